The highest BCUT2D eigenvalue weighted by Gasteiger charge is 2.28. The third-order valence-electron chi connectivity index (χ3n) is 6.86. The molecule has 0 spiro atoms. The lowest BCUT2D eigenvalue weighted by Crippen LogP contribution is -2.50. The number of hydrogen-bond acceptors (Lipinski definition) is 7. The fourth-order valence-corrected chi connectivity index (χ4v) is 6.16. The molecule has 0 bridgehead atoms. The summed E-state index contributed by atoms with van der Waals surface area (Å²) >= 11 is 7.59. The Balaban J connectivity index is 1.22. The van der Waals surface area contributed by atoms with E-state index in [4.69, 9.17) is 11.6 Å². The van der Waals surface area contributed by atoms with Gasteiger partial charge in [-0.3, -0.25) is 34.1 Å². The van der Waals surface area contributed by atoms with Crippen molar-refractivity contribution in [3.8, 4) is 5.69 Å². The highest BCUT2D eigenvalue weighted by Crippen LogP contribution is 2.38. The van der Waals surface area contributed by atoms with Crippen LogP contribution in [0.15, 0.2) is 53.3 Å². The number of benzene rings is 2. The van der Waals surface area contributed by atoms with Gasteiger partial charge in [0.25, 0.3) is 17.2 Å². The van der Waals surface area contributed by atoms with Crippen molar-refractivity contribution in [2.45, 2.75) is 6.92 Å². The number of carbonyl (C=O) groups excluding carboxylic acids is 2. The first-order valence-corrected chi connectivity index (χ1v) is 13.4. The second-order valence-corrected chi connectivity index (χ2v) is 10.7. The standard InChI is InChI=1S/C26H25ClN6O5S/c1-16-23(25(35)32(29(16)2)17-6-4-3-5-7-17)28-21(34)15-30-10-12-31(13-11-30)26(36)24-22(27)19-9-8-18(33(37)38)14-20(19)39-24/h3-9,14H,10-13,15H2,1-2H3,(H,28,34). The molecule has 0 atom stereocenters. The van der Waals surface area contributed by atoms with Crippen LogP contribution in [0.4, 0.5) is 11.4 Å². The van der Waals surface area contributed by atoms with Crippen LogP contribution in [0.5, 0.6) is 0 Å². The van der Waals surface area contributed by atoms with E-state index >= 15 is 0 Å². The van der Waals surface area contributed by atoms with Gasteiger partial charge in [0.2, 0.25) is 5.91 Å². The molecule has 1 N–H and O–H groups in total. The molecular formula is C26H25ClN6O5S. The normalized spacial score (nSPS) is 14.1. The molecule has 5 rings (SSSR count). The number of non-ortho nitro benzene ring substituents is 1. The number of halogens is 1. The van der Waals surface area contributed by atoms with Crippen LogP contribution in [0, 0.1) is 17.0 Å². The zero-order valence-corrected chi connectivity index (χ0v) is 22.8. The fourth-order valence-electron chi connectivity index (χ4n) is 4.65. The number of amides is 2. The fraction of sp³-hybridized carbons (Fsp3) is 0.269. The smallest absolute Gasteiger partial charge is 0.295 e. The summed E-state index contributed by atoms with van der Waals surface area (Å²) in [6.45, 7) is 3.57. The monoisotopic (exact) mass is 568 g/mol. The van der Waals surface area contributed by atoms with E-state index in [0.29, 0.717) is 52.5 Å². The minimum atomic E-state index is -0.484. The number of anilines is 1. The summed E-state index contributed by atoms with van der Waals surface area (Å²) in [4.78, 5) is 53.6. The van der Waals surface area contributed by atoms with E-state index in [0.717, 1.165) is 11.3 Å². The van der Waals surface area contributed by atoms with E-state index in [1.807, 2.05) is 35.2 Å². The molecule has 0 radical (unpaired) electrons. The molecule has 0 unspecified atom stereocenters. The molecule has 1 saturated heterocycles. The van der Waals surface area contributed by atoms with E-state index in [9.17, 15) is 24.5 Å². The summed E-state index contributed by atoms with van der Waals surface area (Å²) in [5.74, 6) is -0.552. The number of nitro benzene ring substituents is 1. The van der Waals surface area contributed by atoms with E-state index in [1.54, 1.807) is 29.6 Å². The first-order valence-electron chi connectivity index (χ1n) is 12.2. The van der Waals surface area contributed by atoms with Crippen molar-refractivity contribution in [3.05, 3.63) is 84.6 Å². The maximum atomic E-state index is 13.2. The Hall–Kier alpha value is -4.00. The minimum Gasteiger partial charge on any atom is -0.335 e. The topological polar surface area (TPSA) is 123 Å². The molecule has 1 aliphatic heterocycles. The number of nitrogens with one attached hydrogen (secondary N) is 1. The molecule has 2 aromatic heterocycles. The Morgan fingerprint density at radius 3 is 2.46 bits per heavy atom. The van der Waals surface area contributed by atoms with Crippen LogP contribution in [0.1, 0.15) is 15.4 Å². The second-order valence-electron chi connectivity index (χ2n) is 9.24. The quantitative estimate of drug-likeness (QED) is 0.280. The van der Waals surface area contributed by atoms with Crippen molar-refractivity contribution in [2.75, 3.05) is 38.0 Å². The summed E-state index contributed by atoms with van der Waals surface area (Å²) in [7, 11) is 1.76. The predicted molar refractivity (Wildman–Crippen MR) is 150 cm³/mol. The van der Waals surface area contributed by atoms with Gasteiger partial charge in [0.05, 0.1) is 27.9 Å². The van der Waals surface area contributed by atoms with E-state index in [2.05, 4.69) is 5.32 Å². The molecule has 2 amide bonds. The molecule has 39 heavy (non-hydrogen) atoms. The molecule has 202 valence electrons. The first-order chi connectivity index (χ1) is 18.7. The molecule has 2 aromatic carbocycles. The van der Waals surface area contributed by atoms with E-state index < -0.39 is 4.92 Å². The molecule has 13 heteroatoms. The second kappa shape index (κ2) is 10.6. The zero-order chi connectivity index (χ0) is 27.8. The Morgan fingerprint density at radius 2 is 1.79 bits per heavy atom. The summed E-state index contributed by atoms with van der Waals surface area (Å²) in [5, 5.41) is 14.8. The summed E-state index contributed by atoms with van der Waals surface area (Å²) in [5.41, 5.74) is 1.20. The Bertz CT molecular complexity index is 1650. The Labute approximate surface area is 231 Å². The highest BCUT2D eigenvalue weighted by atomic mass is 35.5. The van der Waals surface area contributed by atoms with Crippen molar-refractivity contribution in [1.82, 2.24) is 19.2 Å². The number of nitro groups is 1. The molecule has 3 heterocycles. The van der Waals surface area contributed by atoms with Crippen molar-refractivity contribution >= 4 is 56.2 Å². The number of para-hydroxylation sites is 1. The number of nitrogens with zero attached hydrogens (tertiary/aromatic N) is 5. The van der Waals surface area contributed by atoms with Crippen LogP contribution < -0.4 is 10.9 Å². The highest BCUT2D eigenvalue weighted by molar-refractivity contribution is 7.21. The molecule has 0 saturated carbocycles. The van der Waals surface area contributed by atoms with Gasteiger partial charge in [0, 0.05) is 55.4 Å². The number of fused-ring (bicyclic) bond motifs is 1. The SMILES string of the molecule is Cc1c(NC(=O)CN2CCN(C(=O)c3sc4cc([N+](=O)[O-])ccc4c3Cl)CC2)c(=O)n(-c2ccccc2)n1C. The van der Waals surface area contributed by atoms with Gasteiger partial charge in [0.15, 0.2) is 0 Å². The molecule has 4 aromatic rings. The maximum absolute atomic E-state index is 13.2. The Kier molecular flexibility index (Phi) is 7.25. The van der Waals surface area contributed by atoms with Crippen LogP contribution in [-0.2, 0) is 11.8 Å². The molecular weight excluding hydrogens is 544 g/mol. The van der Waals surface area contributed by atoms with Gasteiger partial charge in [-0.2, -0.15) is 0 Å². The van der Waals surface area contributed by atoms with Crippen LogP contribution >= 0.6 is 22.9 Å². The van der Waals surface area contributed by atoms with Crippen LogP contribution in [0.3, 0.4) is 0 Å². The van der Waals surface area contributed by atoms with Crippen LogP contribution in [0.2, 0.25) is 5.02 Å². The largest absolute Gasteiger partial charge is 0.335 e. The zero-order valence-electron chi connectivity index (χ0n) is 21.2. The van der Waals surface area contributed by atoms with Gasteiger partial charge < -0.3 is 10.2 Å². The van der Waals surface area contributed by atoms with Crippen LogP contribution in [-0.4, -0.2) is 68.6 Å². The lowest BCUT2D eigenvalue weighted by atomic mass is 10.2. The van der Waals surface area contributed by atoms with Crippen LogP contribution in [0.25, 0.3) is 15.8 Å². The lowest BCUT2D eigenvalue weighted by Gasteiger charge is -2.34. The average Bonchev–Trinajstić information content (AvgIpc) is 3.37. The van der Waals surface area contributed by atoms with E-state index in [1.165, 1.54) is 16.8 Å². The minimum absolute atomic E-state index is 0.0593. The van der Waals surface area contributed by atoms with Crippen molar-refractivity contribution in [3.63, 3.8) is 0 Å². The summed E-state index contributed by atoms with van der Waals surface area (Å²) in [6, 6.07) is 13.5. The number of thiophene rings is 1. The molecule has 0 aliphatic carbocycles. The number of piperazine rings is 1. The van der Waals surface area contributed by atoms with Gasteiger partial charge in [-0.1, -0.05) is 29.8 Å². The number of aromatic nitrogens is 2. The Morgan fingerprint density at radius 1 is 1.10 bits per heavy atom. The molecule has 11 nitrogen and oxygen atoms in total. The molecule has 1 fully saturated rings. The van der Waals surface area contributed by atoms with Crippen molar-refractivity contribution in [2.24, 2.45) is 7.05 Å². The van der Waals surface area contributed by atoms with Gasteiger partial charge in [-0.25, -0.2) is 4.68 Å². The van der Waals surface area contributed by atoms with Gasteiger partial charge in [0.1, 0.15) is 10.6 Å². The first kappa shape index (κ1) is 26.6. The van der Waals surface area contributed by atoms with Crippen molar-refractivity contribution < 1.29 is 14.5 Å². The van der Waals surface area contributed by atoms with Gasteiger partial charge in [-0.15, -0.1) is 11.3 Å². The third-order valence-corrected chi connectivity index (χ3v) is 8.51. The number of carbonyl (C=O) groups is 2. The van der Waals surface area contributed by atoms with Gasteiger partial charge >= 0.3 is 0 Å². The average molecular weight is 569 g/mol. The predicted octanol–water partition coefficient (Wildman–Crippen LogP) is 3.66. The number of rotatable bonds is 6. The number of hydrogen-bond donors (Lipinski definition) is 1. The summed E-state index contributed by atoms with van der Waals surface area (Å²) < 4.78 is 3.79. The van der Waals surface area contributed by atoms with Gasteiger partial charge in [-0.05, 0) is 25.1 Å². The van der Waals surface area contributed by atoms with Crippen molar-refractivity contribution in [1.29, 1.82) is 0 Å². The van der Waals surface area contributed by atoms with E-state index in [-0.39, 0.29) is 40.3 Å². The molecule has 1 aliphatic rings. The lowest BCUT2D eigenvalue weighted by molar-refractivity contribution is -0.384. The maximum Gasteiger partial charge on any atom is 0.295 e. The summed E-state index contributed by atoms with van der Waals surface area (Å²) in [6.07, 6.45) is 0. The third kappa shape index (κ3) is 5.05.